The first kappa shape index (κ1) is 6.09. The Morgan fingerprint density at radius 1 is 1.50 bits per heavy atom. The van der Waals surface area contributed by atoms with Gasteiger partial charge in [0.1, 0.15) is 0 Å². The Bertz CT molecular complexity index is 158. The largest absolute Gasteiger partial charge is 0.0764 e. The predicted molar refractivity (Wildman–Crippen MR) is 40.0 cm³/mol. The molecule has 0 aliphatic heterocycles. The van der Waals surface area contributed by atoms with Crippen molar-refractivity contribution in [1.29, 1.82) is 0 Å². The molecule has 0 aromatic rings. The normalized spacial score (nSPS) is 19.6. The van der Waals surface area contributed by atoms with E-state index in [-0.39, 0.29) is 0 Å². The summed E-state index contributed by atoms with van der Waals surface area (Å²) < 4.78 is 1.30. The molecule has 0 spiro atoms. The third kappa shape index (κ3) is 0.873. The predicted octanol–water partition coefficient (Wildman–Crippen LogP) is 3.01. The van der Waals surface area contributed by atoms with Gasteiger partial charge >= 0.3 is 0 Å². The SMILES string of the molecule is CC1=CCC(C)=C1Br. The zero-order chi connectivity index (χ0) is 6.15. The summed E-state index contributed by atoms with van der Waals surface area (Å²) in [5.41, 5.74) is 2.82. The van der Waals surface area contributed by atoms with Crippen molar-refractivity contribution in [2.24, 2.45) is 0 Å². The number of hydrogen-bond acceptors (Lipinski definition) is 0. The second kappa shape index (κ2) is 2.06. The Morgan fingerprint density at radius 3 is 2.25 bits per heavy atom. The van der Waals surface area contributed by atoms with Gasteiger partial charge in [0, 0.05) is 4.48 Å². The molecule has 1 aliphatic carbocycles. The molecule has 0 bridgehead atoms. The van der Waals surface area contributed by atoms with Crippen LogP contribution in [0.2, 0.25) is 0 Å². The van der Waals surface area contributed by atoms with E-state index in [2.05, 4.69) is 35.9 Å². The van der Waals surface area contributed by atoms with Crippen LogP contribution in [0.4, 0.5) is 0 Å². The standard InChI is InChI=1S/C7H9Br/c1-5-3-4-6(2)7(5)8/h3H,4H2,1-2H3. The molecule has 0 nitrogen and oxygen atoms in total. The number of halogens is 1. The molecule has 0 saturated carbocycles. The fourth-order valence-electron chi connectivity index (χ4n) is 0.822. The average Bonchev–Trinajstić information content (AvgIpc) is 1.98. The quantitative estimate of drug-likeness (QED) is 0.528. The van der Waals surface area contributed by atoms with Gasteiger partial charge in [0.15, 0.2) is 0 Å². The molecule has 0 aromatic heterocycles. The fraction of sp³-hybridized carbons (Fsp3) is 0.429. The van der Waals surface area contributed by atoms with E-state index in [1.54, 1.807) is 0 Å². The minimum Gasteiger partial charge on any atom is -0.0764 e. The van der Waals surface area contributed by atoms with E-state index in [0.29, 0.717) is 0 Å². The van der Waals surface area contributed by atoms with Crippen LogP contribution < -0.4 is 0 Å². The number of allylic oxidation sites excluding steroid dienone is 4. The Labute approximate surface area is 58.4 Å². The van der Waals surface area contributed by atoms with E-state index in [9.17, 15) is 0 Å². The second-order valence-electron chi connectivity index (χ2n) is 2.19. The molecule has 0 amide bonds. The second-order valence-corrected chi connectivity index (χ2v) is 2.98. The van der Waals surface area contributed by atoms with Crippen LogP contribution in [0.15, 0.2) is 21.7 Å². The summed E-state index contributed by atoms with van der Waals surface area (Å²) in [6, 6.07) is 0. The summed E-state index contributed by atoms with van der Waals surface area (Å²) in [4.78, 5) is 0. The van der Waals surface area contributed by atoms with Crippen LogP contribution >= 0.6 is 15.9 Å². The molecule has 0 atom stereocenters. The molecule has 1 aliphatic rings. The van der Waals surface area contributed by atoms with Gasteiger partial charge in [-0.15, -0.1) is 0 Å². The Morgan fingerprint density at radius 2 is 2.12 bits per heavy atom. The van der Waals surface area contributed by atoms with Crippen molar-refractivity contribution >= 4 is 15.9 Å². The highest BCUT2D eigenvalue weighted by Crippen LogP contribution is 2.29. The van der Waals surface area contributed by atoms with E-state index >= 15 is 0 Å². The molecule has 1 rings (SSSR count). The average molecular weight is 173 g/mol. The summed E-state index contributed by atoms with van der Waals surface area (Å²) >= 11 is 3.48. The summed E-state index contributed by atoms with van der Waals surface area (Å²) in [5, 5.41) is 0. The molecule has 0 fully saturated rings. The Balaban J connectivity index is 2.88. The van der Waals surface area contributed by atoms with Gasteiger partial charge in [-0.3, -0.25) is 0 Å². The van der Waals surface area contributed by atoms with Crippen LogP contribution in [0, 0.1) is 0 Å². The molecule has 44 valence electrons. The van der Waals surface area contributed by atoms with Crippen LogP contribution in [0.3, 0.4) is 0 Å². The van der Waals surface area contributed by atoms with Gasteiger partial charge in [-0.25, -0.2) is 0 Å². The first-order valence-electron chi connectivity index (χ1n) is 2.74. The molecule has 0 N–H and O–H groups in total. The van der Waals surface area contributed by atoms with Gasteiger partial charge in [-0.1, -0.05) is 27.6 Å². The molecule has 0 aromatic carbocycles. The molecule has 8 heavy (non-hydrogen) atoms. The fourth-order valence-corrected chi connectivity index (χ4v) is 1.15. The van der Waals surface area contributed by atoms with Gasteiger partial charge in [0.2, 0.25) is 0 Å². The van der Waals surface area contributed by atoms with Gasteiger partial charge in [0.25, 0.3) is 0 Å². The van der Waals surface area contributed by atoms with Crippen molar-refractivity contribution < 1.29 is 0 Å². The molecule has 1 heteroatoms. The maximum Gasteiger partial charge on any atom is 0.0193 e. The van der Waals surface area contributed by atoms with E-state index in [1.165, 1.54) is 15.6 Å². The van der Waals surface area contributed by atoms with Gasteiger partial charge in [0.05, 0.1) is 0 Å². The molecule has 0 heterocycles. The zero-order valence-electron chi connectivity index (χ0n) is 5.16. The molecule has 0 unspecified atom stereocenters. The topological polar surface area (TPSA) is 0 Å². The van der Waals surface area contributed by atoms with Gasteiger partial charge < -0.3 is 0 Å². The number of hydrogen-bond donors (Lipinski definition) is 0. The monoisotopic (exact) mass is 172 g/mol. The van der Waals surface area contributed by atoms with Crippen LogP contribution in [-0.4, -0.2) is 0 Å². The molecular weight excluding hydrogens is 164 g/mol. The van der Waals surface area contributed by atoms with Crippen molar-refractivity contribution in [2.75, 3.05) is 0 Å². The summed E-state index contributed by atoms with van der Waals surface area (Å²) in [6.45, 7) is 4.28. The minimum atomic E-state index is 1.13. The lowest BCUT2D eigenvalue weighted by Gasteiger charge is -1.91. The minimum absolute atomic E-state index is 1.13. The summed E-state index contributed by atoms with van der Waals surface area (Å²) in [7, 11) is 0. The van der Waals surface area contributed by atoms with Crippen molar-refractivity contribution in [3.8, 4) is 0 Å². The third-order valence-electron chi connectivity index (χ3n) is 1.44. The van der Waals surface area contributed by atoms with Crippen molar-refractivity contribution in [3.63, 3.8) is 0 Å². The van der Waals surface area contributed by atoms with E-state index in [1.807, 2.05) is 0 Å². The highest BCUT2D eigenvalue weighted by Gasteiger charge is 2.05. The number of rotatable bonds is 0. The molecule has 0 saturated heterocycles. The first-order valence-corrected chi connectivity index (χ1v) is 3.53. The van der Waals surface area contributed by atoms with E-state index in [0.717, 1.165) is 6.42 Å². The van der Waals surface area contributed by atoms with Gasteiger partial charge in [-0.2, -0.15) is 0 Å². The first-order chi connectivity index (χ1) is 3.72. The van der Waals surface area contributed by atoms with E-state index < -0.39 is 0 Å². The summed E-state index contributed by atoms with van der Waals surface area (Å²) in [6.07, 6.45) is 3.37. The van der Waals surface area contributed by atoms with Crippen LogP contribution in [0.1, 0.15) is 20.3 Å². The maximum absolute atomic E-state index is 3.48. The lowest BCUT2D eigenvalue weighted by Crippen LogP contribution is -1.68. The zero-order valence-corrected chi connectivity index (χ0v) is 6.75. The Kier molecular flexibility index (Phi) is 1.57. The van der Waals surface area contributed by atoms with Gasteiger partial charge in [-0.05, 0) is 25.8 Å². The summed E-state index contributed by atoms with van der Waals surface area (Å²) in [5.74, 6) is 0. The van der Waals surface area contributed by atoms with Crippen LogP contribution in [0.25, 0.3) is 0 Å². The highest BCUT2D eigenvalue weighted by atomic mass is 79.9. The van der Waals surface area contributed by atoms with Crippen molar-refractivity contribution in [3.05, 3.63) is 21.7 Å². The van der Waals surface area contributed by atoms with Crippen LogP contribution in [0.5, 0.6) is 0 Å². The maximum atomic E-state index is 3.48. The highest BCUT2D eigenvalue weighted by molar-refractivity contribution is 9.12. The smallest absolute Gasteiger partial charge is 0.0193 e. The lowest BCUT2D eigenvalue weighted by molar-refractivity contribution is 1.25. The Hall–Kier alpha value is -0.0400. The third-order valence-corrected chi connectivity index (χ3v) is 2.74. The molecule has 0 radical (unpaired) electrons. The van der Waals surface area contributed by atoms with Crippen molar-refractivity contribution in [2.45, 2.75) is 20.3 Å². The lowest BCUT2D eigenvalue weighted by atomic mass is 10.3. The molecular formula is C7H9Br. The van der Waals surface area contributed by atoms with Crippen molar-refractivity contribution in [1.82, 2.24) is 0 Å². The van der Waals surface area contributed by atoms with Crippen LogP contribution in [-0.2, 0) is 0 Å². The van der Waals surface area contributed by atoms with E-state index in [4.69, 9.17) is 0 Å².